The van der Waals surface area contributed by atoms with Gasteiger partial charge in [-0.05, 0) is 6.92 Å². The van der Waals surface area contributed by atoms with Gasteiger partial charge in [0.15, 0.2) is 11.4 Å². The monoisotopic (exact) mass is 269 g/mol. The normalized spacial score (nSPS) is 10.3. The standard InChI is InChI=1S/C16H16N2O2/c1-13(19)12-16(20)17-18(14-8-4-2-5-9-14)15-10-6-3-7-11-15/h2-11H,12H2,1H3,(H,17,20)/p+1. The second-order valence-electron chi connectivity index (χ2n) is 4.53. The molecule has 0 saturated carbocycles. The van der Waals surface area contributed by atoms with Crippen molar-refractivity contribution in [1.82, 2.24) is 5.43 Å². The summed E-state index contributed by atoms with van der Waals surface area (Å²) >= 11 is 0. The molecule has 0 spiro atoms. The van der Waals surface area contributed by atoms with E-state index in [9.17, 15) is 9.59 Å². The molecule has 0 unspecified atom stereocenters. The van der Waals surface area contributed by atoms with E-state index in [0.29, 0.717) is 0 Å². The van der Waals surface area contributed by atoms with Crippen LogP contribution in [-0.4, -0.2) is 11.7 Å². The molecule has 0 bridgehead atoms. The zero-order chi connectivity index (χ0) is 14.4. The Balaban J connectivity index is 2.26. The number of hydrogen-bond donors (Lipinski definition) is 2. The van der Waals surface area contributed by atoms with Crippen LogP contribution in [0.15, 0.2) is 60.7 Å². The number of carbonyl (C=O) groups is 2. The number of rotatable bonds is 5. The van der Waals surface area contributed by atoms with E-state index < -0.39 is 0 Å². The first-order chi connectivity index (χ1) is 9.66. The minimum atomic E-state index is -0.291. The maximum absolute atomic E-state index is 11.9. The van der Waals surface area contributed by atoms with E-state index in [0.717, 1.165) is 16.4 Å². The van der Waals surface area contributed by atoms with Crippen LogP contribution in [0.25, 0.3) is 0 Å². The van der Waals surface area contributed by atoms with Crippen LogP contribution in [0.2, 0.25) is 0 Å². The van der Waals surface area contributed by atoms with Crippen LogP contribution in [0.1, 0.15) is 13.3 Å². The highest BCUT2D eigenvalue weighted by Crippen LogP contribution is 2.06. The molecule has 0 aliphatic heterocycles. The highest BCUT2D eigenvalue weighted by atomic mass is 16.2. The third-order valence-electron chi connectivity index (χ3n) is 2.80. The average molecular weight is 269 g/mol. The second-order valence-corrected chi connectivity index (χ2v) is 4.53. The number of amides is 1. The Kier molecular flexibility index (Phi) is 4.63. The molecule has 4 heteroatoms. The van der Waals surface area contributed by atoms with E-state index in [2.05, 4.69) is 5.43 Å². The fourth-order valence-corrected chi connectivity index (χ4v) is 1.93. The highest BCUT2D eigenvalue weighted by Gasteiger charge is 2.19. The van der Waals surface area contributed by atoms with Gasteiger partial charge in [0.05, 0.1) is 6.42 Å². The lowest BCUT2D eigenvalue weighted by atomic mass is 10.2. The number of carbonyl (C=O) groups excluding carboxylic acids is 2. The predicted octanol–water partition coefficient (Wildman–Crippen LogP) is 1.54. The predicted molar refractivity (Wildman–Crippen MR) is 76.6 cm³/mol. The molecular formula is C16H17N2O2+. The molecule has 1 amide bonds. The van der Waals surface area contributed by atoms with Crippen LogP contribution < -0.4 is 10.4 Å². The van der Waals surface area contributed by atoms with Gasteiger partial charge in [-0.2, -0.15) is 10.4 Å². The van der Waals surface area contributed by atoms with Crippen molar-refractivity contribution in [3.05, 3.63) is 60.7 Å². The molecular weight excluding hydrogens is 252 g/mol. The number of nitrogens with one attached hydrogen (secondary N) is 2. The molecule has 2 aromatic carbocycles. The zero-order valence-electron chi connectivity index (χ0n) is 11.3. The summed E-state index contributed by atoms with van der Waals surface area (Å²) in [7, 11) is 0. The van der Waals surface area contributed by atoms with Crippen molar-refractivity contribution >= 4 is 23.1 Å². The van der Waals surface area contributed by atoms with Gasteiger partial charge in [0.2, 0.25) is 0 Å². The molecule has 2 N–H and O–H groups in total. The summed E-state index contributed by atoms with van der Waals surface area (Å²) in [4.78, 5) is 22.9. The summed E-state index contributed by atoms with van der Waals surface area (Å²) in [5.74, 6) is -0.442. The minimum Gasteiger partial charge on any atom is -0.299 e. The highest BCUT2D eigenvalue weighted by molar-refractivity contribution is 5.96. The molecule has 0 aliphatic carbocycles. The van der Waals surface area contributed by atoms with Gasteiger partial charge in [0.1, 0.15) is 5.78 Å². The molecule has 2 rings (SSSR count). The van der Waals surface area contributed by atoms with Crippen molar-refractivity contribution in [2.24, 2.45) is 0 Å². The van der Waals surface area contributed by atoms with Gasteiger partial charge in [-0.3, -0.25) is 9.59 Å². The van der Waals surface area contributed by atoms with Crippen LogP contribution in [0.3, 0.4) is 0 Å². The second kappa shape index (κ2) is 6.63. The van der Waals surface area contributed by atoms with Gasteiger partial charge in [-0.25, -0.2) is 0 Å². The molecule has 2 aromatic rings. The van der Waals surface area contributed by atoms with Crippen molar-refractivity contribution in [1.29, 1.82) is 0 Å². The van der Waals surface area contributed by atoms with Gasteiger partial charge in [0, 0.05) is 24.3 Å². The first-order valence-corrected chi connectivity index (χ1v) is 6.44. The SMILES string of the molecule is CC(=O)CC(=O)N[NH+](c1ccccc1)c1ccccc1. The molecule has 0 aliphatic rings. The van der Waals surface area contributed by atoms with Crippen molar-refractivity contribution in [3.8, 4) is 0 Å². The van der Waals surface area contributed by atoms with Crippen LogP contribution in [-0.2, 0) is 9.59 Å². The molecule has 0 aromatic heterocycles. The molecule has 20 heavy (non-hydrogen) atoms. The summed E-state index contributed by atoms with van der Waals surface area (Å²) in [6.07, 6.45) is -0.108. The smallest absolute Gasteiger partial charge is 0.273 e. The van der Waals surface area contributed by atoms with Crippen LogP contribution in [0, 0.1) is 0 Å². The van der Waals surface area contributed by atoms with Crippen molar-refractivity contribution < 1.29 is 14.6 Å². The quantitative estimate of drug-likeness (QED) is 0.639. The number of ketones is 1. The zero-order valence-corrected chi connectivity index (χ0v) is 11.3. The summed E-state index contributed by atoms with van der Waals surface area (Å²) in [5, 5.41) is 0.720. The Morgan fingerprint density at radius 1 is 0.900 bits per heavy atom. The first-order valence-electron chi connectivity index (χ1n) is 6.44. The third-order valence-corrected chi connectivity index (χ3v) is 2.80. The summed E-state index contributed by atoms with van der Waals surface area (Å²) in [5.41, 5.74) is 4.66. The van der Waals surface area contributed by atoms with E-state index in [4.69, 9.17) is 0 Å². The molecule has 0 heterocycles. The Labute approximate surface area is 118 Å². The Morgan fingerprint density at radius 3 is 1.75 bits per heavy atom. The maximum Gasteiger partial charge on any atom is 0.273 e. The van der Waals surface area contributed by atoms with Gasteiger partial charge >= 0.3 is 0 Å². The lowest BCUT2D eigenvalue weighted by Gasteiger charge is -2.18. The molecule has 0 radical (unpaired) electrons. The summed E-state index contributed by atoms with van der Waals surface area (Å²) in [6, 6.07) is 19.2. The number of hydrogen-bond acceptors (Lipinski definition) is 2. The van der Waals surface area contributed by atoms with Gasteiger partial charge in [-0.15, -0.1) is 0 Å². The minimum absolute atomic E-state index is 0.108. The molecule has 102 valence electrons. The number of Topliss-reactive ketones (excluding diaryl/α,β-unsaturated/α-hetero) is 1. The van der Waals surface area contributed by atoms with Gasteiger partial charge in [-0.1, -0.05) is 36.4 Å². The molecule has 0 saturated heterocycles. The van der Waals surface area contributed by atoms with Crippen LogP contribution >= 0.6 is 0 Å². The van der Waals surface area contributed by atoms with Crippen molar-refractivity contribution in [3.63, 3.8) is 0 Å². The first kappa shape index (κ1) is 14.0. The van der Waals surface area contributed by atoms with E-state index in [1.165, 1.54) is 6.92 Å². The van der Waals surface area contributed by atoms with E-state index in [1.54, 1.807) is 0 Å². The lowest BCUT2D eigenvalue weighted by molar-refractivity contribution is -0.802. The Hall–Kier alpha value is -2.46. The summed E-state index contributed by atoms with van der Waals surface area (Å²) in [6.45, 7) is 1.41. The number of benzene rings is 2. The average Bonchev–Trinajstić information content (AvgIpc) is 2.46. The number of quaternary nitrogens is 1. The van der Waals surface area contributed by atoms with Crippen LogP contribution in [0.5, 0.6) is 0 Å². The van der Waals surface area contributed by atoms with Gasteiger partial charge < -0.3 is 0 Å². The maximum atomic E-state index is 11.9. The topological polar surface area (TPSA) is 50.6 Å². The Morgan fingerprint density at radius 2 is 1.35 bits per heavy atom. The number of para-hydroxylation sites is 2. The van der Waals surface area contributed by atoms with Crippen molar-refractivity contribution in [2.45, 2.75) is 13.3 Å². The van der Waals surface area contributed by atoms with Gasteiger partial charge in [0.25, 0.3) is 5.91 Å². The Bertz CT molecular complexity index is 542. The van der Waals surface area contributed by atoms with E-state index >= 15 is 0 Å². The third kappa shape index (κ3) is 3.76. The molecule has 0 fully saturated rings. The largest absolute Gasteiger partial charge is 0.299 e. The molecule has 0 atom stereocenters. The van der Waals surface area contributed by atoms with Crippen LogP contribution in [0.4, 0.5) is 11.4 Å². The fraction of sp³-hybridized carbons (Fsp3) is 0.125. The fourth-order valence-electron chi connectivity index (χ4n) is 1.93. The lowest BCUT2D eigenvalue weighted by Crippen LogP contribution is -3.10. The summed E-state index contributed by atoms with van der Waals surface area (Å²) < 4.78 is 0. The molecule has 4 nitrogen and oxygen atoms in total. The van der Waals surface area contributed by atoms with E-state index in [1.807, 2.05) is 60.7 Å². The van der Waals surface area contributed by atoms with Crippen molar-refractivity contribution in [2.75, 3.05) is 0 Å². The van der Waals surface area contributed by atoms with E-state index in [-0.39, 0.29) is 18.1 Å².